The van der Waals surface area contributed by atoms with Crippen LogP contribution < -0.4 is 0 Å². The fourth-order valence-electron chi connectivity index (χ4n) is 1.78. The molecule has 1 rings (SSSR count). The Hall–Kier alpha value is -0.0500. The second-order valence-electron chi connectivity index (χ2n) is 3.35. The lowest BCUT2D eigenvalue weighted by Gasteiger charge is -2.24. The smallest absolute Gasteiger partial charge is 0.236 e. The monoisotopic (exact) mass is 233 g/mol. The highest BCUT2D eigenvalue weighted by atomic mass is 79.9. The van der Waals surface area contributed by atoms with Crippen LogP contribution in [-0.2, 0) is 4.79 Å². The summed E-state index contributed by atoms with van der Waals surface area (Å²) in [5.74, 6) is 0.249. The number of nitrogens with zero attached hydrogens (tertiary/aromatic N) is 1. The maximum atomic E-state index is 11.6. The molecule has 1 aliphatic rings. The first kappa shape index (κ1) is 10.0. The lowest BCUT2D eigenvalue weighted by molar-refractivity contribution is -0.131. The Morgan fingerprint density at radius 2 is 2.42 bits per heavy atom. The van der Waals surface area contributed by atoms with Crippen LogP contribution in [-0.4, -0.2) is 28.2 Å². The lowest BCUT2D eigenvalue weighted by atomic mass is 10.1. The van der Waals surface area contributed by atoms with Crippen molar-refractivity contribution in [1.29, 1.82) is 0 Å². The van der Waals surface area contributed by atoms with E-state index in [1.54, 1.807) is 0 Å². The molecule has 0 N–H and O–H groups in total. The number of carbonyl (C=O) groups is 1. The van der Waals surface area contributed by atoms with E-state index in [0.717, 1.165) is 13.0 Å². The summed E-state index contributed by atoms with van der Waals surface area (Å²) in [6.07, 6.45) is 3.44. The summed E-state index contributed by atoms with van der Waals surface area (Å²) < 4.78 is 0. The number of rotatable bonds is 2. The second-order valence-corrected chi connectivity index (χ2v) is 4.73. The molecule has 0 radical (unpaired) electrons. The molecule has 0 spiro atoms. The number of hydrogen-bond acceptors (Lipinski definition) is 1. The SMILES string of the molecule is CCC1CCCN1C(=O)C(C)Br. The van der Waals surface area contributed by atoms with Crippen LogP contribution in [0.1, 0.15) is 33.1 Å². The van der Waals surface area contributed by atoms with Gasteiger partial charge in [0.25, 0.3) is 0 Å². The van der Waals surface area contributed by atoms with Gasteiger partial charge in [0.15, 0.2) is 0 Å². The van der Waals surface area contributed by atoms with E-state index in [2.05, 4.69) is 22.9 Å². The van der Waals surface area contributed by atoms with Crippen molar-refractivity contribution < 1.29 is 4.79 Å². The van der Waals surface area contributed by atoms with Gasteiger partial charge in [0.2, 0.25) is 5.91 Å². The van der Waals surface area contributed by atoms with E-state index in [9.17, 15) is 4.79 Å². The summed E-state index contributed by atoms with van der Waals surface area (Å²) in [6.45, 7) is 5.00. The minimum atomic E-state index is -0.0235. The number of alkyl halides is 1. The average Bonchev–Trinajstić information content (AvgIpc) is 2.49. The highest BCUT2D eigenvalue weighted by Crippen LogP contribution is 2.21. The summed E-state index contributed by atoms with van der Waals surface area (Å²) >= 11 is 3.32. The van der Waals surface area contributed by atoms with Gasteiger partial charge in [-0.25, -0.2) is 0 Å². The quantitative estimate of drug-likeness (QED) is 0.670. The molecule has 2 unspecified atom stereocenters. The van der Waals surface area contributed by atoms with Crippen LogP contribution in [0.3, 0.4) is 0 Å². The fraction of sp³-hybridized carbons (Fsp3) is 0.889. The summed E-state index contributed by atoms with van der Waals surface area (Å²) in [4.78, 5) is 13.6. The molecule has 1 saturated heterocycles. The molecule has 1 fully saturated rings. The van der Waals surface area contributed by atoms with E-state index in [-0.39, 0.29) is 10.7 Å². The van der Waals surface area contributed by atoms with Gasteiger partial charge in [-0.15, -0.1) is 0 Å². The summed E-state index contributed by atoms with van der Waals surface area (Å²) in [6, 6.07) is 0.498. The van der Waals surface area contributed by atoms with Crippen molar-refractivity contribution in [2.45, 2.75) is 44.0 Å². The zero-order valence-electron chi connectivity index (χ0n) is 7.72. The van der Waals surface area contributed by atoms with Crippen LogP contribution in [0.15, 0.2) is 0 Å². The van der Waals surface area contributed by atoms with Crippen molar-refractivity contribution in [3.63, 3.8) is 0 Å². The topological polar surface area (TPSA) is 20.3 Å². The van der Waals surface area contributed by atoms with E-state index in [0.29, 0.717) is 6.04 Å². The number of carbonyl (C=O) groups excluding carboxylic acids is 1. The predicted octanol–water partition coefficient (Wildman–Crippen LogP) is 2.17. The Bertz CT molecular complexity index is 170. The van der Waals surface area contributed by atoms with Crippen molar-refractivity contribution in [2.75, 3.05) is 6.54 Å². The average molecular weight is 234 g/mol. The molecule has 0 aromatic carbocycles. The third-order valence-electron chi connectivity index (χ3n) is 2.47. The van der Waals surface area contributed by atoms with Crippen molar-refractivity contribution in [1.82, 2.24) is 4.90 Å². The van der Waals surface area contributed by atoms with E-state index < -0.39 is 0 Å². The number of amides is 1. The Morgan fingerprint density at radius 1 is 1.75 bits per heavy atom. The zero-order valence-corrected chi connectivity index (χ0v) is 9.30. The van der Waals surface area contributed by atoms with Crippen LogP contribution in [0.2, 0.25) is 0 Å². The first-order chi connectivity index (χ1) is 5.66. The predicted molar refractivity (Wildman–Crippen MR) is 53.4 cm³/mol. The number of hydrogen-bond donors (Lipinski definition) is 0. The summed E-state index contributed by atoms with van der Waals surface area (Å²) in [5.41, 5.74) is 0. The Balaban J connectivity index is 2.55. The second kappa shape index (κ2) is 4.26. The molecule has 1 aliphatic heterocycles. The van der Waals surface area contributed by atoms with Gasteiger partial charge in [-0.05, 0) is 26.2 Å². The third kappa shape index (κ3) is 2.00. The van der Waals surface area contributed by atoms with Crippen LogP contribution >= 0.6 is 15.9 Å². The minimum Gasteiger partial charge on any atom is -0.339 e. The van der Waals surface area contributed by atoms with E-state index >= 15 is 0 Å². The molecule has 3 heteroatoms. The molecule has 0 aromatic heterocycles. The van der Waals surface area contributed by atoms with Gasteiger partial charge in [-0.1, -0.05) is 22.9 Å². The molecular weight excluding hydrogens is 218 g/mol. The Morgan fingerprint density at radius 3 is 2.92 bits per heavy atom. The van der Waals surface area contributed by atoms with Gasteiger partial charge in [0, 0.05) is 12.6 Å². The molecule has 1 heterocycles. The molecule has 0 bridgehead atoms. The molecule has 12 heavy (non-hydrogen) atoms. The third-order valence-corrected chi connectivity index (χ3v) is 2.86. The standard InChI is InChI=1S/C9H16BrNO/c1-3-8-5-4-6-11(8)9(12)7(2)10/h7-8H,3-6H2,1-2H3. The van der Waals surface area contributed by atoms with Crippen molar-refractivity contribution >= 4 is 21.8 Å². The first-order valence-electron chi connectivity index (χ1n) is 4.61. The van der Waals surface area contributed by atoms with Crippen LogP contribution in [0.25, 0.3) is 0 Å². The van der Waals surface area contributed by atoms with Crippen molar-refractivity contribution in [3.05, 3.63) is 0 Å². The van der Waals surface area contributed by atoms with Crippen LogP contribution in [0.4, 0.5) is 0 Å². The van der Waals surface area contributed by atoms with E-state index in [4.69, 9.17) is 0 Å². The number of halogens is 1. The van der Waals surface area contributed by atoms with Crippen molar-refractivity contribution in [3.8, 4) is 0 Å². The molecule has 0 aromatic rings. The Kier molecular flexibility index (Phi) is 3.56. The first-order valence-corrected chi connectivity index (χ1v) is 5.53. The maximum Gasteiger partial charge on any atom is 0.236 e. The largest absolute Gasteiger partial charge is 0.339 e. The molecule has 2 atom stereocenters. The summed E-state index contributed by atoms with van der Waals surface area (Å²) in [5, 5.41) is 0. The molecular formula is C9H16BrNO. The van der Waals surface area contributed by atoms with Gasteiger partial charge in [-0.3, -0.25) is 4.79 Å². The molecule has 1 amide bonds. The maximum absolute atomic E-state index is 11.6. The van der Waals surface area contributed by atoms with Gasteiger partial charge >= 0.3 is 0 Å². The Labute approximate surface area is 82.4 Å². The summed E-state index contributed by atoms with van der Waals surface area (Å²) in [7, 11) is 0. The van der Waals surface area contributed by atoms with Crippen LogP contribution in [0, 0.1) is 0 Å². The molecule has 0 saturated carbocycles. The molecule has 70 valence electrons. The fourth-order valence-corrected chi connectivity index (χ4v) is 2.04. The van der Waals surface area contributed by atoms with E-state index in [1.165, 1.54) is 12.8 Å². The highest BCUT2D eigenvalue weighted by Gasteiger charge is 2.28. The minimum absolute atomic E-state index is 0.0235. The van der Waals surface area contributed by atoms with Gasteiger partial charge in [-0.2, -0.15) is 0 Å². The van der Waals surface area contributed by atoms with E-state index in [1.807, 2.05) is 11.8 Å². The van der Waals surface area contributed by atoms with Crippen molar-refractivity contribution in [2.24, 2.45) is 0 Å². The van der Waals surface area contributed by atoms with Crippen LogP contribution in [0.5, 0.6) is 0 Å². The number of likely N-dealkylation sites (tertiary alicyclic amines) is 1. The zero-order chi connectivity index (χ0) is 9.14. The normalized spacial score (nSPS) is 25.9. The molecule has 0 aliphatic carbocycles. The van der Waals surface area contributed by atoms with Gasteiger partial charge in [0.1, 0.15) is 0 Å². The van der Waals surface area contributed by atoms with Gasteiger partial charge < -0.3 is 4.90 Å². The van der Waals surface area contributed by atoms with Gasteiger partial charge in [0.05, 0.1) is 4.83 Å². The highest BCUT2D eigenvalue weighted by molar-refractivity contribution is 9.10. The molecule has 2 nitrogen and oxygen atoms in total. The lowest BCUT2D eigenvalue weighted by Crippen LogP contribution is -2.38.